The number of hydrogen-bond acceptors (Lipinski definition) is 2. The standard InChI is InChI=1S/C34H36N2O/c1-23(2)26-15-17-29(18-16-26)35-21-30(37)22-36-33-25(4)19-24(3)20-31(33)32(27-11-7-5-8-12-27)34(36)28-13-9-6-10-14-28/h5-20,23,30,35,37H,21-22H2,1-4H3/t30-/m0/s1. The Kier molecular flexibility index (Phi) is 7.16. The number of aliphatic hydroxyl groups excluding tert-OH is 1. The highest BCUT2D eigenvalue weighted by molar-refractivity contribution is 6.06. The average molecular weight is 489 g/mol. The highest BCUT2D eigenvalue weighted by atomic mass is 16.3. The minimum absolute atomic E-state index is 0.473. The van der Waals surface area contributed by atoms with Crippen molar-refractivity contribution in [1.29, 1.82) is 0 Å². The Morgan fingerprint density at radius 2 is 1.41 bits per heavy atom. The van der Waals surface area contributed by atoms with E-state index >= 15 is 0 Å². The number of rotatable bonds is 8. The lowest BCUT2D eigenvalue weighted by Gasteiger charge is -2.19. The predicted octanol–water partition coefficient (Wildman–Crippen LogP) is 8.19. The molecular formula is C34H36N2O. The van der Waals surface area contributed by atoms with Crippen LogP contribution in [-0.4, -0.2) is 22.3 Å². The van der Waals surface area contributed by atoms with Gasteiger partial charge in [-0.25, -0.2) is 0 Å². The molecule has 0 saturated heterocycles. The maximum atomic E-state index is 11.3. The summed E-state index contributed by atoms with van der Waals surface area (Å²) in [5.74, 6) is 0.503. The maximum absolute atomic E-state index is 11.3. The molecule has 0 unspecified atom stereocenters. The van der Waals surface area contributed by atoms with E-state index in [4.69, 9.17) is 0 Å². The predicted molar refractivity (Wildman–Crippen MR) is 157 cm³/mol. The molecule has 5 rings (SSSR count). The zero-order valence-corrected chi connectivity index (χ0v) is 22.2. The van der Waals surface area contributed by atoms with Gasteiger partial charge in [0.15, 0.2) is 0 Å². The molecule has 5 aromatic rings. The topological polar surface area (TPSA) is 37.2 Å². The average Bonchev–Trinajstić information content (AvgIpc) is 3.22. The van der Waals surface area contributed by atoms with Crippen LogP contribution in [0.15, 0.2) is 97.1 Å². The molecule has 0 saturated carbocycles. The minimum Gasteiger partial charge on any atom is -0.389 e. The number of aromatic nitrogens is 1. The molecule has 188 valence electrons. The van der Waals surface area contributed by atoms with E-state index in [2.05, 4.69) is 135 Å². The normalized spacial score (nSPS) is 12.3. The lowest BCUT2D eigenvalue weighted by atomic mass is 9.97. The van der Waals surface area contributed by atoms with Gasteiger partial charge in [-0.2, -0.15) is 0 Å². The Hall–Kier alpha value is -3.82. The fraction of sp³-hybridized carbons (Fsp3) is 0.235. The molecule has 0 radical (unpaired) electrons. The van der Waals surface area contributed by atoms with Crippen molar-refractivity contribution in [1.82, 2.24) is 4.57 Å². The van der Waals surface area contributed by atoms with Gasteiger partial charge < -0.3 is 15.0 Å². The first-order valence-corrected chi connectivity index (χ1v) is 13.2. The van der Waals surface area contributed by atoms with E-state index < -0.39 is 6.10 Å². The van der Waals surface area contributed by atoms with Crippen LogP contribution in [0.3, 0.4) is 0 Å². The summed E-state index contributed by atoms with van der Waals surface area (Å²) in [5.41, 5.74) is 10.7. The fourth-order valence-corrected chi connectivity index (χ4v) is 5.36. The van der Waals surface area contributed by atoms with Crippen LogP contribution in [0.5, 0.6) is 0 Å². The number of benzene rings is 4. The van der Waals surface area contributed by atoms with Gasteiger partial charge in [-0.05, 0) is 60.2 Å². The SMILES string of the molecule is Cc1cc(C)c2c(c1)c(-c1ccccc1)c(-c1ccccc1)n2C[C@@H](O)CNc1ccc(C(C)C)cc1. The van der Waals surface area contributed by atoms with Crippen molar-refractivity contribution >= 4 is 16.6 Å². The summed E-state index contributed by atoms with van der Waals surface area (Å²) in [5, 5.41) is 15.9. The van der Waals surface area contributed by atoms with Crippen LogP contribution in [0.1, 0.15) is 36.5 Å². The summed E-state index contributed by atoms with van der Waals surface area (Å²) in [6.45, 7) is 9.70. The number of aryl methyl sites for hydroxylation is 2. The zero-order valence-electron chi connectivity index (χ0n) is 22.2. The van der Waals surface area contributed by atoms with E-state index in [1.165, 1.54) is 38.7 Å². The van der Waals surface area contributed by atoms with Crippen molar-refractivity contribution in [2.75, 3.05) is 11.9 Å². The monoisotopic (exact) mass is 488 g/mol. The highest BCUT2D eigenvalue weighted by Gasteiger charge is 2.23. The third kappa shape index (κ3) is 5.19. The van der Waals surface area contributed by atoms with Gasteiger partial charge in [0.25, 0.3) is 0 Å². The van der Waals surface area contributed by atoms with Gasteiger partial charge in [-0.3, -0.25) is 0 Å². The molecule has 1 heterocycles. The van der Waals surface area contributed by atoms with E-state index in [9.17, 15) is 5.11 Å². The van der Waals surface area contributed by atoms with Crippen molar-refractivity contribution in [3.8, 4) is 22.4 Å². The summed E-state index contributed by atoms with van der Waals surface area (Å²) >= 11 is 0. The second-order valence-corrected chi connectivity index (χ2v) is 10.4. The molecule has 0 fully saturated rings. The van der Waals surface area contributed by atoms with Gasteiger partial charge in [-0.1, -0.05) is 98.3 Å². The molecular weight excluding hydrogens is 452 g/mol. The fourth-order valence-electron chi connectivity index (χ4n) is 5.36. The summed E-state index contributed by atoms with van der Waals surface area (Å²) in [7, 11) is 0. The first kappa shape index (κ1) is 24.9. The summed E-state index contributed by atoms with van der Waals surface area (Å²) in [6, 6.07) is 34.2. The van der Waals surface area contributed by atoms with Crippen LogP contribution in [0.25, 0.3) is 33.3 Å². The van der Waals surface area contributed by atoms with Crippen LogP contribution in [-0.2, 0) is 6.54 Å². The smallest absolute Gasteiger partial charge is 0.0891 e. The van der Waals surface area contributed by atoms with Gasteiger partial charge in [0, 0.05) is 23.2 Å². The lowest BCUT2D eigenvalue weighted by Crippen LogP contribution is -2.25. The Labute approximate surface area is 220 Å². The maximum Gasteiger partial charge on any atom is 0.0891 e. The first-order chi connectivity index (χ1) is 17.9. The number of fused-ring (bicyclic) bond motifs is 1. The van der Waals surface area contributed by atoms with Gasteiger partial charge in [0.1, 0.15) is 0 Å². The molecule has 2 N–H and O–H groups in total. The van der Waals surface area contributed by atoms with Crippen LogP contribution in [0.2, 0.25) is 0 Å². The van der Waals surface area contributed by atoms with E-state index in [1.807, 2.05) is 0 Å². The second kappa shape index (κ2) is 10.7. The largest absolute Gasteiger partial charge is 0.389 e. The molecule has 3 heteroatoms. The molecule has 0 amide bonds. The van der Waals surface area contributed by atoms with Crippen molar-refractivity contribution in [3.63, 3.8) is 0 Å². The van der Waals surface area contributed by atoms with Crippen LogP contribution in [0, 0.1) is 13.8 Å². The van der Waals surface area contributed by atoms with Crippen molar-refractivity contribution < 1.29 is 5.11 Å². The van der Waals surface area contributed by atoms with Crippen molar-refractivity contribution in [2.45, 2.75) is 46.3 Å². The molecule has 1 atom stereocenters. The third-order valence-electron chi connectivity index (χ3n) is 7.11. The molecule has 0 aliphatic rings. The molecule has 0 aliphatic heterocycles. The molecule has 0 bridgehead atoms. The van der Waals surface area contributed by atoms with Crippen molar-refractivity contribution in [2.24, 2.45) is 0 Å². The molecule has 37 heavy (non-hydrogen) atoms. The number of nitrogens with one attached hydrogen (secondary N) is 1. The van der Waals surface area contributed by atoms with Gasteiger partial charge in [-0.15, -0.1) is 0 Å². The van der Waals surface area contributed by atoms with Crippen LogP contribution < -0.4 is 5.32 Å². The summed E-state index contributed by atoms with van der Waals surface area (Å²) in [6.07, 6.45) is -0.563. The second-order valence-electron chi connectivity index (χ2n) is 10.4. The van der Waals surface area contributed by atoms with Gasteiger partial charge >= 0.3 is 0 Å². The molecule has 0 spiro atoms. The molecule has 1 aromatic heterocycles. The number of nitrogens with zero attached hydrogens (tertiary/aromatic N) is 1. The quantitative estimate of drug-likeness (QED) is 0.231. The number of aliphatic hydroxyl groups is 1. The highest BCUT2D eigenvalue weighted by Crippen LogP contribution is 2.42. The van der Waals surface area contributed by atoms with E-state index in [-0.39, 0.29) is 0 Å². The van der Waals surface area contributed by atoms with Gasteiger partial charge in [0.2, 0.25) is 0 Å². The number of hydrogen-bond donors (Lipinski definition) is 2. The minimum atomic E-state index is -0.563. The Morgan fingerprint density at radius 1 is 0.784 bits per heavy atom. The lowest BCUT2D eigenvalue weighted by molar-refractivity contribution is 0.169. The molecule has 3 nitrogen and oxygen atoms in total. The first-order valence-electron chi connectivity index (χ1n) is 13.2. The van der Waals surface area contributed by atoms with Crippen LogP contribution in [0.4, 0.5) is 5.69 Å². The molecule has 0 aliphatic carbocycles. The van der Waals surface area contributed by atoms with Gasteiger partial charge in [0.05, 0.1) is 23.9 Å². The van der Waals surface area contributed by atoms with Crippen LogP contribution >= 0.6 is 0 Å². The summed E-state index contributed by atoms with van der Waals surface area (Å²) in [4.78, 5) is 0. The molecule has 4 aromatic carbocycles. The zero-order chi connectivity index (χ0) is 25.9. The Bertz CT molecular complexity index is 1480. The van der Waals surface area contributed by atoms with E-state index in [1.54, 1.807) is 0 Å². The Morgan fingerprint density at radius 3 is 2.03 bits per heavy atom. The number of anilines is 1. The third-order valence-corrected chi connectivity index (χ3v) is 7.11. The Balaban J connectivity index is 1.57. The van der Waals surface area contributed by atoms with E-state index in [0.29, 0.717) is 19.0 Å². The summed E-state index contributed by atoms with van der Waals surface area (Å²) < 4.78 is 2.33. The van der Waals surface area contributed by atoms with E-state index in [0.717, 1.165) is 16.9 Å². The van der Waals surface area contributed by atoms with Crippen molar-refractivity contribution in [3.05, 3.63) is 114 Å².